The second-order valence-corrected chi connectivity index (χ2v) is 4.48. The quantitative estimate of drug-likeness (QED) is 0.798. The molecule has 0 saturated heterocycles. The van der Waals surface area contributed by atoms with Gasteiger partial charge in [-0.05, 0) is 26.3 Å². The van der Waals surface area contributed by atoms with E-state index >= 15 is 0 Å². The highest BCUT2D eigenvalue weighted by Gasteiger charge is 2.14. The van der Waals surface area contributed by atoms with Crippen molar-refractivity contribution in [1.82, 2.24) is 4.98 Å². The summed E-state index contributed by atoms with van der Waals surface area (Å²) in [6.45, 7) is 7.46. The Labute approximate surface area is 103 Å². The van der Waals surface area contributed by atoms with E-state index in [1.54, 1.807) is 6.20 Å². The highest BCUT2D eigenvalue weighted by Crippen LogP contribution is 2.21. The molecule has 0 fully saturated rings. The van der Waals surface area contributed by atoms with E-state index in [0.717, 1.165) is 24.2 Å². The van der Waals surface area contributed by atoms with Crippen molar-refractivity contribution in [3.05, 3.63) is 24.0 Å². The lowest BCUT2D eigenvalue weighted by atomic mass is 10.1. The summed E-state index contributed by atoms with van der Waals surface area (Å²) in [5.41, 5.74) is 7.67. The lowest BCUT2D eigenvalue weighted by molar-refractivity contribution is 0.669. The van der Waals surface area contributed by atoms with Crippen LogP contribution in [0.2, 0.25) is 0 Å². The molecule has 0 amide bonds. The molecule has 0 aromatic carbocycles. The molecule has 2 N–H and O–H groups in total. The second kappa shape index (κ2) is 5.80. The number of aromatic nitrogens is 1. The van der Waals surface area contributed by atoms with Crippen molar-refractivity contribution in [2.24, 2.45) is 5.73 Å². The second-order valence-electron chi connectivity index (χ2n) is 4.04. The number of anilines is 1. The summed E-state index contributed by atoms with van der Waals surface area (Å²) in [6, 6.07) is 2.29. The highest BCUT2D eigenvalue weighted by atomic mass is 32.1. The van der Waals surface area contributed by atoms with Crippen LogP contribution in [0.4, 0.5) is 5.69 Å². The maximum absolute atomic E-state index is 5.73. The largest absolute Gasteiger partial charge is 0.389 e. The van der Waals surface area contributed by atoms with Gasteiger partial charge in [0, 0.05) is 24.3 Å². The Kier molecular flexibility index (Phi) is 4.68. The number of nitrogens with two attached hydrogens (primary N) is 1. The Hall–Kier alpha value is -1.16. The molecule has 1 heterocycles. The van der Waals surface area contributed by atoms with E-state index in [9.17, 15) is 0 Å². The Balaban J connectivity index is 3.12. The molecule has 0 saturated carbocycles. The first-order valence-corrected chi connectivity index (χ1v) is 5.99. The van der Waals surface area contributed by atoms with Crippen LogP contribution in [0.15, 0.2) is 18.5 Å². The van der Waals surface area contributed by atoms with Gasteiger partial charge in [0.1, 0.15) is 4.99 Å². The average molecular weight is 237 g/mol. The van der Waals surface area contributed by atoms with E-state index in [1.165, 1.54) is 0 Å². The topological polar surface area (TPSA) is 42.2 Å². The van der Waals surface area contributed by atoms with Crippen molar-refractivity contribution in [2.45, 2.75) is 33.2 Å². The fourth-order valence-electron chi connectivity index (χ4n) is 1.72. The van der Waals surface area contributed by atoms with Gasteiger partial charge >= 0.3 is 0 Å². The number of hydrogen-bond donors (Lipinski definition) is 1. The first-order chi connectivity index (χ1) is 7.57. The molecule has 0 atom stereocenters. The van der Waals surface area contributed by atoms with Crippen LogP contribution in [0.1, 0.15) is 32.8 Å². The van der Waals surface area contributed by atoms with Gasteiger partial charge in [-0.3, -0.25) is 4.98 Å². The third kappa shape index (κ3) is 2.92. The summed E-state index contributed by atoms with van der Waals surface area (Å²) in [5, 5.41) is 0. The number of thiocarbonyl (C=S) groups is 1. The molecule has 0 aliphatic rings. The molecule has 88 valence electrons. The Morgan fingerprint density at radius 1 is 1.56 bits per heavy atom. The summed E-state index contributed by atoms with van der Waals surface area (Å²) in [6.07, 6.45) is 4.65. The molecule has 0 unspecified atom stereocenters. The standard InChI is InChI=1S/C12H19N3S/c1-4-7-15(9(2)3)11-8-14-6-5-10(11)12(13)16/h5-6,8-9H,4,7H2,1-3H3,(H2,13,16). The van der Waals surface area contributed by atoms with Crippen LogP contribution in [0.5, 0.6) is 0 Å². The van der Waals surface area contributed by atoms with Crippen molar-refractivity contribution < 1.29 is 0 Å². The molecular formula is C12H19N3S. The van der Waals surface area contributed by atoms with Crippen molar-refractivity contribution >= 4 is 22.9 Å². The zero-order valence-corrected chi connectivity index (χ0v) is 10.9. The summed E-state index contributed by atoms with van der Waals surface area (Å²) in [5.74, 6) is 0. The van der Waals surface area contributed by atoms with Crippen LogP contribution in [0.3, 0.4) is 0 Å². The molecule has 1 rings (SSSR count). The first-order valence-electron chi connectivity index (χ1n) is 5.58. The van der Waals surface area contributed by atoms with E-state index in [4.69, 9.17) is 18.0 Å². The van der Waals surface area contributed by atoms with Gasteiger partial charge in [0.2, 0.25) is 0 Å². The maximum Gasteiger partial charge on any atom is 0.106 e. The predicted molar refractivity (Wildman–Crippen MR) is 72.9 cm³/mol. The number of pyridine rings is 1. The summed E-state index contributed by atoms with van der Waals surface area (Å²) in [7, 11) is 0. The normalized spacial score (nSPS) is 10.5. The van der Waals surface area contributed by atoms with Crippen LogP contribution in [0.25, 0.3) is 0 Å². The number of hydrogen-bond acceptors (Lipinski definition) is 3. The van der Waals surface area contributed by atoms with Crippen molar-refractivity contribution in [3.8, 4) is 0 Å². The fourth-order valence-corrected chi connectivity index (χ4v) is 1.89. The number of nitrogens with zero attached hydrogens (tertiary/aromatic N) is 2. The monoisotopic (exact) mass is 237 g/mol. The summed E-state index contributed by atoms with van der Waals surface area (Å²) >= 11 is 5.06. The zero-order chi connectivity index (χ0) is 12.1. The van der Waals surface area contributed by atoms with Crippen LogP contribution < -0.4 is 10.6 Å². The molecule has 0 aliphatic heterocycles. The van der Waals surface area contributed by atoms with E-state index in [-0.39, 0.29) is 0 Å². The van der Waals surface area contributed by atoms with Crippen molar-refractivity contribution in [3.63, 3.8) is 0 Å². The van der Waals surface area contributed by atoms with Gasteiger partial charge in [-0.25, -0.2) is 0 Å². The van der Waals surface area contributed by atoms with E-state index in [2.05, 4.69) is 30.7 Å². The summed E-state index contributed by atoms with van der Waals surface area (Å²) in [4.78, 5) is 6.87. The minimum atomic E-state index is 0.414. The molecule has 0 bridgehead atoms. The molecule has 4 heteroatoms. The molecule has 1 aromatic heterocycles. The molecule has 0 aliphatic carbocycles. The molecule has 16 heavy (non-hydrogen) atoms. The Morgan fingerprint density at radius 2 is 2.25 bits per heavy atom. The maximum atomic E-state index is 5.73. The Morgan fingerprint density at radius 3 is 2.75 bits per heavy atom. The van der Waals surface area contributed by atoms with Crippen LogP contribution in [-0.4, -0.2) is 22.6 Å². The average Bonchev–Trinajstić information content (AvgIpc) is 2.25. The summed E-state index contributed by atoms with van der Waals surface area (Å²) < 4.78 is 0. The van der Waals surface area contributed by atoms with E-state index in [0.29, 0.717) is 11.0 Å². The van der Waals surface area contributed by atoms with Crippen molar-refractivity contribution in [2.75, 3.05) is 11.4 Å². The fraction of sp³-hybridized carbons (Fsp3) is 0.500. The van der Waals surface area contributed by atoms with Crippen LogP contribution >= 0.6 is 12.2 Å². The third-order valence-electron chi connectivity index (χ3n) is 2.46. The van der Waals surface area contributed by atoms with Gasteiger partial charge in [0.25, 0.3) is 0 Å². The van der Waals surface area contributed by atoms with E-state index < -0.39 is 0 Å². The number of rotatable bonds is 5. The minimum Gasteiger partial charge on any atom is -0.389 e. The van der Waals surface area contributed by atoms with Crippen molar-refractivity contribution in [1.29, 1.82) is 0 Å². The van der Waals surface area contributed by atoms with Gasteiger partial charge in [-0.1, -0.05) is 19.1 Å². The van der Waals surface area contributed by atoms with Gasteiger partial charge < -0.3 is 10.6 Å². The smallest absolute Gasteiger partial charge is 0.106 e. The first kappa shape index (κ1) is 12.9. The van der Waals surface area contributed by atoms with Gasteiger partial charge in [-0.2, -0.15) is 0 Å². The van der Waals surface area contributed by atoms with Crippen LogP contribution in [0, 0.1) is 0 Å². The molecule has 3 nitrogen and oxygen atoms in total. The van der Waals surface area contributed by atoms with Gasteiger partial charge in [0.05, 0.1) is 11.9 Å². The lowest BCUT2D eigenvalue weighted by Crippen LogP contribution is -2.33. The Bertz CT molecular complexity index is 363. The zero-order valence-electron chi connectivity index (χ0n) is 10.1. The molecule has 0 spiro atoms. The molecular weight excluding hydrogens is 218 g/mol. The molecule has 1 aromatic rings. The highest BCUT2D eigenvalue weighted by molar-refractivity contribution is 7.80. The van der Waals surface area contributed by atoms with E-state index in [1.807, 2.05) is 12.3 Å². The molecule has 0 radical (unpaired) electrons. The predicted octanol–water partition coefficient (Wildman–Crippen LogP) is 2.34. The lowest BCUT2D eigenvalue weighted by Gasteiger charge is -2.29. The van der Waals surface area contributed by atoms with Gasteiger partial charge in [-0.15, -0.1) is 0 Å². The SMILES string of the molecule is CCCN(c1cnccc1C(N)=S)C(C)C. The van der Waals surface area contributed by atoms with Crippen LogP contribution in [-0.2, 0) is 0 Å². The minimum absolute atomic E-state index is 0.414. The third-order valence-corrected chi connectivity index (χ3v) is 2.68. The van der Waals surface area contributed by atoms with Gasteiger partial charge in [0.15, 0.2) is 0 Å².